The summed E-state index contributed by atoms with van der Waals surface area (Å²) in [6, 6.07) is 5.69. The lowest BCUT2D eigenvalue weighted by atomic mass is 10.1. The molecule has 1 aromatic carbocycles. The molecule has 7 heteroatoms. The zero-order valence-corrected chi connectivity index (χ0v) is 15.0. The van der Waals surface area contributed by atoms with Crippen LogP contribution in [-0.2, 0) is 0 Å². The minimum atomic E-state index is -0.0487. The second-order valence-corrected chi connectivity index (χ2v) is 7.34. The summed E-state index contributed by atoms with van der Waals surface area (Å²) in [5.74, 6) is 0.455. The van der Waals surface area contributed by atoms with Gasteiger partial charge in [-0.2, -0.15) is 5.10 Å². The van der Waals surface area contributed by atoms with Gasteiger partial charge in [-0.25, -0.2) is 14.6 Å². The number of thiazole rings is 1. The third kappa shape index (κ3) is 3.32. The molecule has 3 aromatic rings. The number of nitrogens with one attached hydrogen (secondary N) is 1. The maximum Gasteiger partial charge on any atom is 0.252 e. The molecule has 1 saturated carbocycles. The number of carbonyl (C=O) groups excluding carboxylic acids is 1. The molecule has 0 saturated heterocycles. The van der Waals surface area contributed by atoms with Crippen LogP contribution in [0.25, 0.3) is 5.69 Å². The molecule has 1 N–H and O–H groups in total. The van der Waals surface area contributed by atoms with Crippen molar-refractivity contribution in [3.8, 4) is 5.69 Å². The van der Waals surface area contributed by atoms with E-state index in [-0.39, 0.29) is 11.9 Å². The number of nitrogens with zero attached hydrogens (tertiary/aromatic N) is 4. The summed E-state index contributed by atoms with van der Waals surface area (Å²) in [5.41, 5.74) is 3.49. The van der Waals surface area contributed by atoms with E-state index in [1.54, 1.807) is 22.3 Å². The van der Waals surface area contributed by atoms with Crippen molar-refractivity contribution in [3.05, 3.63) is 58.1 Å². The Morgan fingerprint density at radius 2 is 2.20 bits per heavy atom. The van der Waals surface area contributed by atoms with Crippen LogP contribution in [0.1, 0.15) is 45.5 Å². The first-order valence-corrected chi connectivity index (χ1v) is 9.18. The van der Waals surface area contributed by atoms with Gasteiger partial charge in [-0.3, -0.25) is 4.79 Å². The van der Waals surface area contributed by atoms with E-state index in [9.17, 15) is 4.79 Å². The van der Waals surface area contributed by atoms with Crippen LogP contribution in [0.15, 0.2) is 36.2 Å². The van der Waals surface area contributed by atoms with Gasteiger partial charge in [-0.15, -0.1) is 11.3 Å². The maximum atomic E-state index is 12.8. The van der Waals surface area contributed by atoms with E-state index in [1.807, 2.05) is 37.4 Å². The van der Waals surface area contributed by atoms with Crippen molar-refractivity contribution in [3.63, 3.8) is 0 Å². The highest BCUT2D eigenvalue weighted by Gasteiger charge is 2.35. The third-order valence-corrected chi connectivity index (χ3v) is 5.47. The minimum Gasteiger partial charge on any atom is -0.343 e. The summed E-state index contributed by atoms with van der Waals surface area (Å²) in [5, 5.41) is 10.4. The molecule has 1 unspecified atom stereocenters. The molecule has 6 nitrogen and oxygen atoms in total. The molecule has 1 aliphatic rings. The third-order valence-electron chi connectivity index (χ3n) is 4.42. The van der Waals surface area contributed by atoms with Gasteiger partial charge in [-0.1, -0.05) is 0 Å². The fourth-order valence-electron chi connectivity index (χ4n) is 2.93. The second kappa shape index (κ2) is 6.40. The number of amides is 1. The van der Waals surface area contributed by atoms with Gasteiger partial charge in [-0.05, 0) is 56.4 Å². The van der Waals surface area contributed by atoms with Crippen molar-refractivity contribution in [1.29, 1.82) is 0 Å². The number of carbonyl (C=O) groups is 1. The fourth-order valence-corrected chi connectivity index (χ4v) is 3.87. The summed E-state index contributed by atoms with van der Waals surface area (Å²) < 4.78 is 1.68. The van der Waals surface area contributed by atoms with E-state index in [2.05, 4.69) is 20.4 Å². The van der Waals surface area contributed by atoms with Gasteiger partial charge in [0.25, 0.3) is 5.91 Å². The van der Waals surface area contributed by atoms with E-state index in [4.69, 9.17) is 0 Å². The number of hydrogen-bond donors (Lipinski definition) is 1. The van der Waals surface area contributed by atoms with Crippen LogP contribution >= 0.6 is 11.3 Å². The Hall–Kier alpha value is -2.54. The largest absolute Gasteiger partial charge is 0.343 e. The Morgan fingerprint density at radius 3 is 2.80 bits per heavy atom. The number of benzene rings is 1. The van der Waals surface area contributed by atoms with Crippen molar-refractivity contribution in [1.82, 2.24) is 25.1 Å². The van der Waals surface area contributed by atoms with E-state index in [1.165, 1.54) is 6.33 Å². The number of rotatable bonds is 5. The summed E-state index contributed by atoms with van der Waals surface area (Å²) in [4.78, 5) is 21.3. The second-order valence-electron chi connectivity index (χ2n) is 6.45. The van der Waals surface area contributed by atoms with Gasteiger partial charge in [0.2, 0.25) is 0 Å². The molecule has 4 rings (SSSR count). The molecule has 1 amide bonds. The van der Waals surface area contributed by atoms with Crippen molar-refractivity contribution >= 4 is 17.2 Å². The van der Waals surface area contributed by atoms with Crippen LogP contribution in [0.4, 0.5) is 0 Å². The molecule has 2 heterocycles. The highest BCUT2D eigenvalue weighted by molar-refractivity contribution is 7.09. The van der Waals surface area contributed by atoms with Crippen LogP contribution in [0.5, 0.6) is 0 Å². The van der Waals surface area contributed by atoms with Crippen molar-refractivity contribution in [2.24, 2.45) is 5.92 Å². The SMILES string of the molecule is Cc1csc(C(NC(=O)c2ccc(-n3cncn3)cc2C)C2CC2)n1. The molecule has 0 spiro atoms. The molecule has 2 aromatic heterocycles. The quantitative estimate of drug-likeness (QED) is 0.764. The zero-order valence-electron chi connectivity index (χ0n) is 14.1. The molecule has 25 heavy (non-hydrogen) atoms. The lowest BCUT2D eigenvalue weighted by Crippen LogP contribution is -2.30. The molecule has 0 radical (unpaired) electrons. The van der Waals surface area contributed by atoms with E-state index in [0.29, 0.717) is 11.5 Å². The maximum absolute atomic E-state index is 12.8. The van der Waals surface area contributed by atoms with Crippen molar-refractivity contribution in [2.75, 3.05) is 0 Å². The first-order valence-electron chi connectivity index (χ1n) is 8.30. The molecule has 0 bridgehead atoms. The lowest BCUT2D eigenvalue weighted by Gasteiger charge is -2.17. The zero-order chi connectivity index (χ0) is 17.4. The van der Waals surface area contributed by atoms with Crippen LogP contribution < -0.4 is 5.32 Å². The highest BCUT2D eigenvalue weighted by Crippen LogP contribution is 2.42. The smallest absolute Gasteiger partial charge is 0.252 e. The number of hydrogen-bond acceptors (Lipinski definition) is 5. The summed E-state index contributed by atoms with van der Waals surface area (Å²) in [6.45, 7) is 3.92. The van der Waals surface area contributed by atoms with E-state index >= 15 is 0 Å². The van der Waals surface area contributed by atoms with Crippen LogP contribution in [0.2, 0.25) is 0 Å². The van der Waals surface area contributed by atoms with E-state index in [0.717, 1.165) is 34.8 Å². The van der Waals surface area contributed by atoms with Crippen molar-refractivity contribution in [2.45, 2.75) is 32.7 Å². The Morgan fingerprint density at radius 1 is 1.36 bits per heavy atom. The summed E-state index contributed by atoms with van der Waals surface area (Å²) in [6.07, 6.45) is 5.43. The average Bonchev–Trinajstić information content (AvgIpc) is 3.10. The number of aromatic nitrogens is 4. The standard InChI is InChI=1S/C18H19N5OS/c1-11-7-14(23-10-19-9-20-23)5-6-15(11)17(24)22-16(13-3-4-13)18-21-12(2)8-25-18/h5-10,13,16H,3-4H2,1-2H3,(H,22,24). The van der Waals surface area contributed by atoms with Gasteiger partial charge in [0.15, 0.2) is 0 Å². The van der Waals surface area contributed by atoms with Crippen LogP contribution in [0.3, 0.4) is 0 Å². The Kier molecular flexibility index (Phi) is 4.09. The number of aryl methyl sites for hydroxylation is 2. The molecule has 128 valence electrons. The Labute approximate surface area is 149 Å². The monoisotopic (exact) mass is 353 g/mol. The minimum absolute atomic E-state index is 0.0144. The van der Waals surface area contributed by atoms with Gasteiger partial charge >= 0.3 is 0 Å². The van der Waals surface area contributed by atoms with Crippen LogP contribution in [-0.4, -0.2) is 25.7 Å². The van der Waals surface area contributed by atoms with Gasteiger partial charge in [0.05, 0.1) is 11.7 Å². The Balaban J connectivity index is 1.56. The summed E-state index contributed by atoms with van der Waals surface area (Å²) >= 11 is 1.62. The van der Waals surface area contributed by atoms with E-state index < -0.39 is 0 Å². The fraction of sp³-hybridized carbons (Fsp3) is 0.333. The normalized spacial score (nSPS) is 15.1. The van der Waals surface area contributed by atoms with Gasteiger partial charge in [0.1, 0.15) is 17.7 Å². The van der Waals surface area contributed by atoms with Crippen LogP contribution in [0, 0.1) is 19.8 Å². The highest BCUT2D eigenvalue weighted by atomic mass is 32.1. The topological polar surface area (TPSA) is 72.7 Å². The molecule has 1 atom stereocenters. The molecule has 0 aliphatic heterocycles. The first-order chi connectivity index (χ1) is 12.1. The lowest BCUT2D eigenvalue weighted by molar-refractivity contribution is 0.0931. The molecule has 1 aliphatic carbocycles. The first kappa shape index (κ1) is 16.0. The summed E-state index contributed by atoms with van der Waals surface area (Å²) in [7, 11) is 0. The van der Waals surface area contributed by atoms with Gasteiger partial charge in [0, 0.05) is 16.6 Å². The molecular formula is C18H19N5OS. The van der Waals surface area contributed by atoms with Crippen molar-refractivity contribution < 1.29 is 4.79 Å². The predicted molar refractivity (Wildman–Crippen MR) is 95.9 cm³/mol. The van der Waals surface area contributed by atoms with Gasteiger partial charge < -0.3 is 5.32 Å². The average molecular weight is 353 g/mol. The molecule has 1 fully saturated rings. The molecular weight excluding hydrogens is 334 g/mol. The predicted octanol–water partition coefficient (Wildman–Crippen LogP) is 3.22. The Bertz CT molecular complexity index is 898.